The van der Waals surface area contributed by atoms with E-state index in [9.17, 15) is 4.79 Å². The highest BCUT2D eigenvalue weighted by Gasteiger charge is 2.38. The van der Waals surface area contributed by atoms with E-state index in [0.29, 0.717) is 6.42 Å². The minimum atomic E-state index is -0.176. The fraction of sp³-hybridized carbons (Fsp3) is 0.692. The summed E-state index contributed by atoms with van der Waals surface area (Å²) in [5, 5.41) is 9.36. The molecule has 1 heterocycles. The third kappa shape index (κ3) is 4.88. The lowest BCUT2D eigenvalue weighted by Gasteiger charge is -2.28. The molecule has 116 valence electrons. The number of thiazole rings is 1. The van der Waals surface area contributed by atoms with Crippen molar-refractivity contribution in [1.29, 1.82) is 0 Å². The first-order valence-electron chi connectivity index (χ1n) is 6.62. The lowest BCUT2D eigenvalue weighted by Crippen LogP contribution is -2.43. The average Bonchev–Trinajstić information content (AvgIpc) is 2.99. The SMILES string of the molecule is CNCCCC(=O)NC1(c2nccs2)CCCC1.Cl.Cl. The van der Waals surface area contributed by atoms with Crippen LogP contribution in [0.4, 0.5) is 0 Å². The molecule has 0 atom stereocenters. The Morgan fingerprint density at radius 2 is 2.10 bits per heavy atom. The summed E-state index contributed by atoms with van der Waals surface area (Å²) in [5.41, 5.74) is -0.176. The molecule has 0 unspecified atom stereocenters. The number of carbonyl (C=O) groups excluding carboxylic acids is 1. The Bertz CT molecular complexity index is 381. The van der Waals surface area contributed by atoms with Crippen LogP contribution >= 0.6 is 36.2 Å². The largest absolute Gasteiger partial charge is 0.344 e. The van der Waals surface area contributed by atoms with Gasteiger partial charge < -0.3 is 10.6 Å². The number of hydrogen-bond acceptors (Lipinski definition) is 4. The highest BCUT2D eigenvalue weighted by Crippen LogP contribution is 2.39. The second kappa shape index (κ2) is 9.55. The van der Waals surface area contributed by atoms with Crippen LogP contribution in [-0.2, 0) is 10.3 Å². The molecule has 1 fully saturated rings. The van der Waals surface area contributed by atoms with Crippen molar-refractivity contribution >= 4 is 42.1 Å². The lowest BCUT2D eigenvalue weighted by molar-refractivity contribution is -0.123. The van der Waals surface area contributed by atoms with Gasteiger partial charge in [-0.15, -0.1) is 36.2 Å². The topological polar surface area (TPSA) is 54.0 Å². The fourth-order valence-corrected chi connectivity index (χ4v) is 3.44. The molecule has 0 saturated heterocycles. The number of amides is 1. The molecule has 2 rings (SSSR count). The first-order chi connectivity index (χ1) is 8.77. The highest BCUT2D eigenvalue weighted by molar-refractivity contribution is 7.09. The molecule has 0 spiro atoms. The predicted molar refractivity (Wildman–Crippen MR) is 88.1 cm³/mol. The molecule has 1 amide bonds. The Kier molecular flexibility index (Phi) is 9.38. The number of nitrogens with zero attached hydrogens (tertiary/aromatic N) is 1. The van der Waals surface area contributed by atoms with Gasteiger partial charge in [0.1, 0.15) is 5.01 Å². The number of aromatic nitrogens is 1. The maximum atomic E-state index is 12.0. The van der Waals surface area contributed by atoms with Crippen molar-refractivity contribution in [3.63, 3.8) is 0 Å². The van der Waals surface area contributed by atoms with Crippen LogP contribution in [0.25, 0.3) is 0 Å². The zero-order valence-corrected chi connectivity index (χ0v) is 14.1. The van der Waals surface area contributed by atoms with Gasteiger partial charge in [0.2, 0.25) is 5.91 Å². The van der Waals surface area contributed by atoms with Gasteiger partial charge in [-0.3, -0.25) is 4.79 Å². The second-order valence-corrected chi connectivity index (χ2v) is 5.78. The Hall–Kier alpha value is -0.360. The van der Waals surface area contributed by atoms with Gasteiger partial charge >= 0.3 is 0 Å². The standard InChI is InChI=1S/C13H21N3OS.2ClH/c1-14-8-4-5-11(17)16-13(6-2-3-7-13)12-15-9-10-18-12;;/h9-10,14H,2-8H2,1H3,(H,16,17);2*1H. The smallest absolute Gasteiger partial charge is 0.220 e. The zero-order chi connectivity index (χ0) is 12.8. The molecular weight excluding hydrogens is 317 g/mol. The number of rotatable bonds is 6. The van der Waals surface area contributed by atoms with Crippen LogP contribution in [0.1, 0.15) is 43.5 Å². The van der Waals surface area contributed by atoms with Gasteiger partial charge in [0.15, 0.2) is 0 Å². The van der Waals surface area contributed by atoms with E-state index < -0.39 is 0 Å². The molecule has 0 aromatic carbocycles. The van der Waals surface area contributed by atoms with E-state index >= 15 is 0 Å². The summed E-state index contributed by atoms with van der Waals surface area (Å²) >= 11 is 1.65. The van der Waals surface area contributed by atoms with Gasteiger partial charge in [0.25, 0.3) is 0 Å². The third-order valence-electron chi connectivity index (χ3n) is 3.51. The van der Waals surface area contributed by atoms with Crippen LogP contribution in [0.15, 0.2) is 11.6 Å². The number of carbonyl (C=O) groups is 1. The Balaban J connectivity index is 0.00000180. The highest BCUT2D eigenvalue weighted by atomic mass is 35.5. The summed E-state index contributed by atoms with van der Waals surface area (Å²) in [6.45, 7) is 0.887. The number of hydrogen-bond donors (Lipinski definition) is 2. The van der Waals surface area contributed by atoms with Crippen molar-refractivity contribution in [3.8, 4) is 0 Å². The molecule has 1 aromatic heterocycles. The molecule has 20 heavy (non-hydrogen) atoms. The lowest BCUT2D eigenvalue weighted by atomic mass is 9.98. The normalized spacial score (nSPS) is 16.1. The van der Waals surface area contributed by atoms with Gasteiger partial charge in [-0.05, 0) is 32.9 Å². The molecule has 1 aromatic rings. The van der Waals surface area contributed by atoms with Crippen LogP contribution in [0.2, 0.25) is 0 Å². The van der Waals surface area contributed by atoms with Crippen LogP contribution in [0.3, 0.4) is 0 Å². The van der Waals surface area contributed by atoms with Crippen molar-refractivity contribution < 1.29 is 4.79 Å². The van der Waals surface area contributed by atoms with E-state index in [1.165, 1.54) is 12.8 Å². The Labute approximate surface area is 137 Å². The van der Waals surface area contributed by atoms with Crippen molar-refractivity contribution in [1.82, 2.24) is 15.6 Å². The summed E-state index contributed by atoms with van der Waals surface area (Å²) in [6.07, 6.45) is 7.71. The summed E-state index contributed by atoms with van der Waals surface area (Å²) in [7, 11) is 1.91. The molecular formula is C13H23Cl2N3OS. The van der Waals surface area contributed by atoms with E-state index in [2.05, 4.69) is 15.6 Å². The van der Waals surface area contributed by atoms with Crippen molar-refractivity contribution in [3.05, 3.63) is 16.6 Å². The summed E-state index contributed by atoms with van der Waals surface area (Å²) in [5.74, 6) is 0.155. The van der Waals surface area contributed by atoms with E-state index in [4.69, 9.17) is 0 Å². The Morgan fingerprint density at radius 1 is 1.40 bits per heavy atom. The maximum Gasteiger partial charge on any atom is 0.220 e. The van der Waals surface area contributed by atoms with Gasteiger partial charge in [0.05, 0.1) is 5.54 Å². The number of nitrogens with one attached hydrogen (secondary N) is 2. The predicted octanol–water partition coefficient (Wildman–Crippen LogP) is 2.87. The number of halogens is 2. The van der Waals surface area contributed by atoms with Crippen LogP contribution in [-0.4, -0.2) is 24.5 Å². The summed E-state index contributed by atoms with van der Waals surface area (Å²) < 4.78 is 0. The van der Waals surface area contributed by atoms with Crippen molar-refractivity contribution in [2.45, 2.75) is 44.1 Å². The maximum absolute atomic E-state index is 12.0. The molecule has 2 N–H and O–H groups in total. The van der Waals surface area contributed by atoms with E-state index in [0.717, 1.165) is 30.8 Å². The van der Waals surface area contributed by atoms with Gasteiger partial charge in [0, 0.05) is 18.0 Å². The van der Waals surface area contributed by atoms with Crippen molar-refractivity contribution in [2.24, 2.45) is 0 Å². The molecule has 1 aliphatic carbocycles. The molecule has 1 aliphatic rings. The summed E-state index contributed by atoms with van der Waals surface area (Å²) in [6, 6.07) is 0. The van der Waals surface area contributed by atoms with E-state index in [-0.39, 0.29) is 36.3 Å². The Morgan fingerprint density at radius 3 is 2.65 bits per heavy atom. The molecule has 7 heteroatoms. The van der Waals surface area contributed by atoms with Crippen molar-refractivity contribution in [2.75, 3.05) is 13.6 Å². The molecule has 0 bridgehead atoms. The second-order valence-electron chi connectivity index (χ2n) is 4.88. The van der Waals surface area contributed by atoms with Gasteiger partial charge in [-0.25, -0.2) is 4.98 Å². The molecule has 0 radical (unpaired) electrons. The fourth-order valence-electron chi connectivity index (χ4n) is 2.59. The van der Waals surface area contributed by atoms with E-state index in [1.54, 1.807) is 11.3 Å². The van der Waals surface area contributed by atoms with Crippen LogP contribution in [0, 0.1) is 0 Å². The summed E-state index contributed by atoms with van der Waals surface area (Å²) in [4.78, 5) is 16.4. The minimum Gasteiger partial charge on any atom is -0.344 e. The molecule has 0 aliphatic heterocycles. The van der Waals surface area contributed by atoms with Crippen LogP contribution in [0.5, 0.6) is 0 Å². The molecule has 1 saturated carbocycles. The van der Waals surface area contributed by atoms with Gasteiger partial charge in [-0.1, -0.05) is 12.8 Å². The average molecular weight is 340 g/mol. The monoisotopic (exact) mass is 339 g/mol. The van der Waals surface area contributed by atoms with E-state index in [1.807, 2.05) is 18.6 Å². The first kappa shape index (κ1) is 19.6. The quantitative estimate of drug-likeness (QED) is 0.783. The molecule has 4 nitrogen and oxygen atoms in total. The minimum absolute atomic E-state index is 0. The van der Waals surface area contributed by atoms with Crippen LogP contribution < -0.4 is 10.6 Å². The zero-order valence-electron chi connectivity index (χ0n) is 11.7. The third-order valence-corrected chi connectivity index (χ3v) is 4.49. The van der Waals surface area contributed by atoms with Gasteiger partial charge in [-0.2, -0.15) is 0 Å². The first-order valence-corrected chi connectivity index (χ1v) is 7.50.